The summed E-state index contributed by atoms with van der Waals surface area (Å²) in [7, 11) is -4.36. The summed E-state index contributed by atoms with van der Waals surface area (Å²) in [5.74, 6) is 0.752. The van der Waals surface area contributed by atoms with Gasteiger partial charge in [0.1, 0.15) is 0 Å². The van der Waals surface area contributed by atoms with Gasteiger partial charge in [0.25, 0.3) is 21.4 Å². The molecule has 2 aromatic carbocycles. The topological polar surface area (TPSA) is 151 Å². The van der Waals surface area contributed by atoms with Gasteiger partial charge in [-0.2, -0.15) is 0 Å². The molecule has 0 bridgehead atoms. The Morgan fingerprint density at radius 2 is 1.68 bits per heavy atom. The number of nitro benzene ring substituents is 2. The number of hydrogen-bond acceptors (Lipinski definition) is 8. The normalized spacial score (nSPS) is 12.6. The van der Waals surface area contributed by atoms with E-state index in [1.165, 1.54) is 18.2 Å². The van der Waals surface area contributed by atoms with E-state index in [9.17, 15) is 28.6 Å². The highest BCUT2D eigenvalue weighted by molar-refractivity contribution is 7.92. The fourth-order valence-corrected chi connectivity index (χ4v) is 3.36. The second-order valence-electron chi connectivity index (χ2n) is 4.84. The number of ether oxygens (including phenoxy) is 2. The van der Waals surface area contributed by atoms with Crippen LogP contribution in [0.4, 0.5) is 17.1 Å². The van der Waals surface area contributed by atoms with Crippen molar-refractivity contribution in [1.82, 2.24) is 0 Å². The highest BCUT2D eigenvalue weighted by Crippen LogP contribution is 2.35. The smallest absolute Gasteiger partial charge is 0.296 e. The molecule has 1 aliphatic heterocycles. The molecule has 0 saturated carbocycles. The van der Waals surface area contributed by atoms with Gasteiger partial charge in [-0.25, -0.2) is 8.42 Å². The Balaban J connectivity index is 1.99. The highest BCUT2D eigenvalue weighted by Gasteiger charge is 2.29. The van der Waals surface area contributed by atoms with Crippen molar-refractivity contribution in [2.75, 3.05) is 11.5 Å². The van der Waals surface area contributed by atoms with Crippen molar-refractivity contribution in [2.45, 2.75) is 4.90 Å². The van der Waals surface area contributed by atoms with Crippen molar-refractivity contribution < 1.29 is 27.7 Å². The molecule has 130 valence electrons. The standard InChI is InChI=1S/C13H9N3O8S/c17-15(18)9-2-4-13(10(6-9)16(19)20)25(21,22)14-8-1-3-11-12(5-8)24-7-23-11/h1-6,14H,7H2. The lowest BCUT2D eigenvalue weighted by atomic mass is 10.3. The summed E-state index contributed by atoms with van der Waals surface area (Å²) in [4.78, 5) is 19.3. The number of hydrogen-bond donors (Lipinski definition) is 1. The minimum atomic E-state index is -4.36. The molecular formula is C13H9N3O8S. The van der Waals surface area contributed by atoms with Crippen LogP contribution in [0.2, 0.25) is 0 Å². The Morgan fingerprint density at radius 3 is 2.36 bits per heavy atom. The van der Waals surface area contributed by atoms with E-state index in [-0.39, 0.29) is 12.5 Å². The van der Waals surface area contributed by atoms with Crippen LogP contribution in [0.3, 0.4) is 0 Å². The van der Waals surface area contributed by atoms with Crippen LogP contribution in [-0.2, 0) is 10.0 Å². The lowest BCUT2D eigenvalue weighted by Gasteiger charge is -2.09. The van der Waals surface area contributed by atoms with Gasteiger partial charge in [-0.15, -0.1) is 0 Å². The SMILES string of the molecule is O=[N+]([O-])c1ccc(S(=O)(=O)Nc2ccc3c(c2)OCO3)c([N+](=O)[O-])c1. The number of nitro groups is 2. The average molecular weight is 367 g/mol. The van der Waals surface area contributed by atoms with E-state index >= 15 is 0 Å². The van der Waals surface area contributed by atoms with E-state index < -0.39 is 36.1 Å². The van der Waals surface area contributed by atoms with Gasteiger partial charge in [-0.1, -0.05) is 0 Å². The van der Waals surface area contributed by atoms with Crippen molar-refractivity contribution in [3.05, 3.63) is 56.6 Å². The summed E-state index contributed by atoms with van der Waals surface area (Å²) in [5, 5.41) is 21.8. The van der Waals surface area contributed by atoms with Crippen molar-refractivity contribution in [3.8, 4) is 11.5 Å². The second-order valence-corrected chi connectivity index (χ2v) is 6.49. The largest absolute Gasteiger partial charge is 0.454 e. The number of sulfonamides is 1. The van der Waals surface area contributed by atoms with Crippen LogP contribution in [0.15, 0.2) is 41.3 Å². The van der Waals surface area contributed by atoms with E-state index in [1.54, 1.807) is 0 Å². The number of rotatable bonds is 5. The zero-order chi connectivity index (χ0) is 18.2. The van der Waals surface area contributed by atoms with Crippen LogP contribution in [0.1, 0.15) is 0 Å². The predicted octanol–water partition coefficient (Wildman–Crippen LogP) is 2.03. The van der Waals surface area contributed by atoms with Gasteiger partial charge >= 0.3 is 0 Å². The lowest BCUT2D eigenvalue weighted by Crippen LogP contribution is -2.15. The van der Waals surface area contributed by atoms with Crippen LogP contribution in [0, 0.1) is 20.2 Å². The van der Waals surface area contributed by atoms with E-state index in [4.69, 9.17) is 9.47 Å². The molecule has 0 amide bonds. The quantitative estimate of drug-likeness (QED) is 0.622. The number of benzene rings is 2. The minimum absolute atomic E-state index is 0.000634. The first-order chi connectivity index (χ1) is 11.8. The molecule has 0 saturated heterocycles. The molecule has 12 heteroatoms. The fraction of sp³-hybridized carbons (Fsp3) is 0.0769. The van der Waals surface area contributed by atoms with Crippen molar-refractivity contribution in [1.29, 1.82) is 0 Å². The third kappa shape index (κ3) is 3.14. The average Bonchev–Trinajstić information content (AvgIpc) is 3.01. The Bertz CT molecular complexity index is 989. The molecule has 0 aliphatic carbocycles. The first-order valence-electron chi connectivity index (χ1n) is 6.63. The summed E-state index contributed by atoms with van der Waals surface area (Å²) in [5.41, 5.74) is -1.40. The monoisotopic (exact) mass is 367 g/mol. The van der Waals surface area contributed by atoms with Gasteiger partial charge < -0.3 is 9.47 Å². The lowest BCUT2D eigenvalue weighted by molar-refractivity contribution is -0.396. The summed E-state index contributed by atoms with van der Waals surface area (Å²) >= 11 is 0. The number of nitrogens with zero attached hydrogens (tertiary/aromatic N) is 2. The molecule has 0 aromatic heterocycles. The van der Waals surface area contributed by atoms with Gasteiger partial charge in [0.05, 0.1) is 21.6 Å². The van der Waals surface area contributed by atoms with Gasteiger partial charge in [-0.3, -0.25) is 25.0 Å². The Morgan fingerprint density at radius 1 is 0.960 bits per heavy atom. The maximum Gasteiger partial charge on any atom is 0.296 e. The molecule has 0 atom stereocenters. The van der Waals surface area contributed by atoms with E-state index in [2.05, 4.69) is 4.72 Å². The molecule has 1 aliphatic rings. The van der Waals surface area contributed by atoms with Crippen molar-refractivity contribution >= 4 is 27.1 Å². The Labute approximate surface area is 140 Å². The molecule has 25 heavy (non-hydrogen) atoms. The first-order valence-corrected chi connectivity index (χ1v) is 8.11. The maximum atomic E-state index is 12.5. The zero-order valence-electron chi connectivity index (χ0n) is 12.2. The summed E-state index contributed by atoms with van der Waals surface area (Å²) in [6, 6.07) is 6.50. The number of anilines is 1. The molecule has 0 unspecified atom stereocenters. The molecule has 3 rings (SSSR count). The molecule has 0 radical (unpaired) electrons. The summed E-state index contributed by atoms with van der Waals surface area (Å²) in [6.07, 6.45) is 0. The van der Waals surface area contributed by atoms with E-state index in [1.807, 2.05) is 0 Å². The maximum absolute atomic E-state index is 12.5. The van der Waals surface area contributed by atoms with E-state index in [0.29, 0.717) is 17.6 Å². The zero-order valence-corrected chi connectivity index (χ0v) is 13.1. The number of nitrogens with one attached hydrogen (secondary N) is 1. The van der Waals surface area contributed by atoms with Gasteiger partial charge in [0.2, 0.25) is 6.79 Å². The second kappa shape index (κ2) is 5.90. The fourth-order valence-electron chi connectivity index (χ4n) is 2.16. The van der Waals surface area contributed by atoms with Crippen LogP contribution in [0.25, 0.3) is 0 Å². The summed E-state index contributed by atoms with van der Waals surface area (Å²) < 4.78 is 37.3. The predicted molar refractivity (Wildman–Crippen MR) is 83.1 cm³/mol. The van der Waals surface area contributed by atoms with Crippen molar-refractivity contribution in [2.24, 2.45) is 0 Å². The van der Waals surface area contributed by atoms with Gasteiger partial charge in [-0.05, 0) is 18.2 Å². The highest BCUT2D eigenvalue weighted by atomic mass is 32.2. The number of fused-ring (bicyclic) bond motifs is 1. The van der Waals surface area contributed by atoms with E-state index in [0.717, 1.165) is 12.1 Å². The molecule has 0 spiro atoms. The molecule has 1 heterocycles. The van der Waals surface area contributed by atoms with Gasteiger partial charge in [0.15, 0.2) is 16.4 Å². The van der Waals surface area contributed by atoms with Crippen molar-refractivity contribution in [3.63, 3.8) is 0 Å². The van der Waals surface area contributed by atoms with Gasteiger partial charge in [0, 0.05) is 12.1 Å². The summed E-state index contributed by atoms with van der Waals surface area (Å²) in [6.45, 7) is -0.000634. The molecule has 1 N–H and O–H groups in total. The molecule has 2 aromatic rings. The third-order valence-corrected chi connectivity index (χ3v) is 4.69. The molecule has 11 nitrogen and oxygen atoms in total. The minimum Gasteiger partial charge on any atom is -0.454 e. The first kappa shape index (κ1) is 16.4. The van der Waals surface area contributed by atoms with Crippen LogP contribution >= 0.6 is 0 Å². The third-order valence-electron chi connectivity index (χ3n) is 3.26. The Hall–Kier alpha value is -3.41. The molecular weight excluding hydrogens is 358 g/mol. The van der Waals surface area contributed by atoms with Crippen LogP contribution < -0.4 is 14.2 Å². The van der Waals surface area contributed by atoms with Crippen LogP contribution in [0.5, 0.6) is 11.5 Å². The number of non-ortho nitro benzene ring substituents is 1. The Kier molecular flexibility index (Phi) is 3.88. The van der Waals surface area contributed by atoms with Crippen LogP contribution in [-0.4, -0.2) is 25.1 Å². The molecule has 0 fully saturated rings.